The van der Waals surface area contributed by atoms with Crippen LogP contribution in [-0.4, -0.2) is 70.7 Å². The molecule has 0 radical (unpaired) electrons. The molecule has 1 aliphatic rings. The molecule has 0 unspecified atom stereocenters. The number of carbonyl (C=O) groups excluding carboxylic acids is 1. The third-order valence-electron chi connectivity index (χ3n) is 5.53. The molecule has 0 aliphatic heterocycles. The van der Waals surface area contributed by atoms with Crippen molar-refractivity contribution in [2.75, 3.05) is 12.4 Å². The molecular weight excluding hydrogens is 388 g/mol. The van der Waals surface area contributed by atoms with E-state index in [2.05, 4.69) is 30.7 Å². The summed E-state index contributed by atoms with van der Waals surface area (Å²) < 4.78 is 3.47. The first-order chi connectivity index (χ1) is 14.5. The third kappa shape index (κ3) is 3.61. The zero-order valence-corrected chi connectivity index (χ0v) is 16.9. The van der Waals surface area contributed by atoms with Crippen molar-refractivity contribution >= 4 is 22.9 Å². The van der Waals surface area contributed by atoms with E-state index in [1.807, 2.05) is 6.92 Å². The quantitative estimate of drug-likeness (QED) is 0.452. The molecule has 3 aromatic heterocycles. The van der Waals surface area contributed by atoms with Crippen molar-refractivity contribution in [1.29, 1.82) is 0 Å². The van der Waals surface area contributed by atoms with E-state index < -0.39 is 24.3 Å². The van der Waals surface area contributed by atoms with Crippen LogP contribution in [0, 0.1) is 0 Å². The molecule has 1 amide bonds. The summed E-state index contributed by atoms with van der Waals surface area (Å²) in [4.78, 5) is 25.3. The van der Waals surface area contributed by atoms with E-state index in [0.717, 1.165) is 13.0 Å². The van der Waals surface area contributed by atoms with E-state index in [1.165, 1.54) is 6.33 Å². The van der Waals surface area contributed by atoms with Crippen LogP contribution >= 0.6 is 0 Å². The Morgan fingerprint density at radius 3 is 2.83 bits per heavy atom. The number of aromatic nitrogens is 6. The Morgan fingerprint density at radius 2 is 2.07 bits per heavy atom. The van der Waals surface area contributed by atoms with Crippen molar-refractivity contribution in [2.45, 2.75) is 57.0 Å². The van der Waals surface area contributed by atoms with E-state index in [9.17, 15) is 15.0 Å². The third-order valence-corrected chi connectivity index (χ3v) is 5.53. The highest BCUT2D eigenvalue weighted by Crippen LogP contribution is 2.32. The highest BCUT2D eigenvalue weighted by atomic mass is 16.3. The van der Waals surface area contributed by atoms with Crippen LogP contribution in [0.15, 0.2) is 24.9 Å². The van der Waals surface area contributed by atoms with Gasteiger partial charge in [0.2, 0.25) is 0 Å². The lowest BCUT2D eigenvalue weighted by molar-refractivity contribution is -0.0553. The molecule has 11 nitrogen and oxygen atoms in total. The Balaban J connectivity index is 1.48. The predicted molar refractivity (Wildman–Crippen MR) is 109 cm³/mol. The fraction of sp³-hybridized carbons (Fsp3) is 0.526. The first kappa shape index (κ1) is 20.2. The Labute approximate surface area is 173 Å². The monoisotopic (exact) mass is 414 g/mol. The van der Waals surface area contributed by atoms with Crippen molar-refractivity contribution < 1.29 is 15.0 Å². The second-order valence-corrected chi connectivity index (χ2v) is 7.47. The van der Waals surface area contributed by atoms with Crippen LogP contribution in [0.2, 0.25) is 0 Å². The number of imidazole rings is 1. The van der Waals surface area contributed by atoms with Gasteiger partial charge in [0.25, 0.3) is 5.91 Å². The van der Waals surface area contributed by atoms with Gasteiger partial charge >= 0.3 is 0 Å². The molecule has 3 aromatic rings. The Bertz CT molecular complexity index is 1030. The lowest BCUT2D eigenvalue weighted by Gasteiger charge is -2.38. The fourth-order valence-electron chi connectivity index (χ4n) is 3.97. The summed E-state index contributed by atoms with van der Waals surface area (Å²) in [6.45, 7) is 2.77. The van der Waals surface area contributed by atoms with Crippen LogP contribution in [-0.2, 0) is 6.54 Å². The number of nitrogens with zero attached hydrogens (tertiary/aromatic N) is 6. The number of rotatable bonds is 6. The highest BCUT2D eigenvalue weighted by Gasteiger charge is 2.40. The average molecular weight is 414 g/mol. The topological polar surface area (TPSA) is 143 Å². The van der Waals surface area contributed by atoms with Crippen LogP contribution in [0.5, 0.6) is 0 Å². The number of aliphatic hydroxyl groups excluding tert-OH is 2. The molecule has 0 bridgehead atoms. The van der Waals surface area contributed by atoms with Crippen molar-refractivity contribution in [2.24, 2.45) is 0 Å². The Hall–Kier alpha value is -3.05. The standard InChI is InChI=1S/C19H26N8O3/c1-3-7-26-8-6-12(25-26)19(30)24-11-4-5-13(16(29)15(11)28)27-10-23-14-17(20-2)21-9-22-18(14)27/h6,8-11,13,15-16,28-29H,3-5,7H2,1-2H3,(H,24,30)(H,20,21,22)/t11-,13-,15-,16-/m1/s1. The number of aryl methyl sites for hydroxylation is 1. The molecule has 30 heavy (non-hydrogen) atoms. The maximum absolute atomic E-state index is 12.5. The van der Waals surface area contributed by atoms with E-state index in [0.29, 0.717) is 35.5 Å². The molecule has 11 heteroatoms. The number of nitrogens with one attached hydrogen (secondary N) is 2. The number of fused-ring (bicyclic) bond motifs is 1. The van der Waals surface area contributed by atoms with Crippen LogP contribution in [0.25, 0.3) is 11.2 Å². The molecule has 0 saturated heterocycles. The molecule has 160 valence electrons. The maximum atomic E-state index is 12.5. The molecular formula is C19H26N8O3. The molecule has 4 rings (SSSR count). The first-order valence-electron chi connectivity index (χ1n) is 10.1. The first-order valence-corrected chi connectivity index (χ1v) is 10.1. The van der Waals surface area contributed by atoms with Gasteiger partial charge in [-0.3, -0.25) is 9.48 Å². The Morgan fingerprint density at radius 1 is 1.23 bits per heavy atom. The summed E-state index contributed by atoms with van der Waals surface area (Å²) in [6.07, 6.45) is 4.51. The lowest BCUT2D eigenvalue weighted by atomic mass is 9.85. The van der Waals surface area contributed by atoms with Crippen LogP contribution in [0.4, 0.5) is 5.82 Å². The molecule has 3 heterocycles. The van der Waals surface area contributed by atoms with Gasteiger partial charge < -0.3 is 25.4 Å². The Kier molecular flexibility index (Phi) is 5.64. The van der Waals surface area contributed by atoms with Crippen LogP contribution in [0.1, 0.15) is 42.7 Å². The molecule has 1 saturated carbocycles. The van der Waals surface area contributed by atoms with Crippen LogP contribution in [0.3, 0.4) is 0 Å². The van der Waals surface area contributed by atoms with E-state index in [1.54, 1.807) is 34.9 Å². The van der Waals surface area contributed by atoms with Crippen molar-refractivity contribution in [3.05, 3.63) is 30.6 Å². The largest absolute Gasteiger partial charge is 0.388 e. The minimum absolute atomic E-state index is 0.296. The van der Waals surface area contributed by atoms with Crippen molar-refractivity contribution in [3.8, 4) is 0 Å². The zero-order valence-electron chi connectivity index (χ0n) is 16.9. The van der Waals surface area contributed by atoms with Crippen molar-refractivity contribution in [3.63, 3.8) is 0 Å². The van der Waals surface area contributed by atoms with Gasteiger partial charge in [0.1, 0.15) is 29.7 Å². The van der Waals surface area contributed by atoms with Gasteiger partial charge in [-0.1, -0.05) is 6.92 Å². The fourth-order valence-corrected chi connectivity index (χ4v) is 3.97. The van der Waals surface area contributed by atoms with E-state index in [4.69, 9.17) is 0 Å². The molecule has 4 atom stereocenters. The number of anilines is 1. The normalized spacial score (nSPS) is 24.1. The molecule has 1 fully saturated rings. The maximum Gasteiger partial charge on any atom is 0.272 e. The predicted octanol–water partition coefficient (Wildman–Crippen LogP) is 0.330. The number of aliphatic hydroxyl groups is 2. The number of hydrogen-bond acceptors (Lipinski definition) is 8. The summed E-state index contributed by atoms with van der Waals surface area (Å²) in [5.74, 6) is 0.233. The van der Waals surface area contributed by atoms with Gasteiger partial charge in [0.15, 0.2) is 11.5 Å². The van der Waals surface area contributed by atoms with Gasteiger partial charge in [-0.25, -0.2) is 15.0 Å². The lowest BCUT2D eigenvalue weighted by Crippen LogP contribution is -2.54. The minimum atomic E-state index is -1.13. The second kappa shape index (κ2) is 8.36. The van der Waals surface area contributed by atoms with Gasteiger partial charge in [0.05, 0.1) is 18.4 Å². The molecule has 1 aliphatic carbocycles. The highest BCUT2D eigenvalue weighted by molar-refractivity contribution is 5.92. The summed E-state index contributed by atoms with van der Waals surface area (Å²) in [5, 5.41) is 31.5. The zero-order chi connectivity index (χ0) is 21.3. The summed E-state index contributed by atoms with van der Waals surface area (Å²) in [6, 6.07) is 0.662. The smallest absolute Gasteiger partial charge is 0.272 e. The molecule has 0 spiro atoms. The van der Waals surface area contributed by atoms with E-state index in [-0.39, 0.29) is 5.91 Å². The summed E-state index contributed by atoms with van der Waals surface area (Å²) >= 11 is 0. The van der Waals surface area contributed by atoms with Crippen LogP contribution < -0.4 is 10.6 Å². The molecule has 0 aromatic carbocycles. The van der Waals surface area contributed by atoms with Gasteiger partial charge in [-0.2, -0.15) is 5.10 Å². The minimum Gasteiger partial charge on any atom is -0.388 e. The second-order valence-electron chi connectivity index (χ2n) is 7.47. The SMILES string of the molecule is CCCn1ccc(C(=O)N[C@@H]2CC[C@@H](n3cnc4c(NC)ncnc43)[C@@H](O)[C@@H]2O)n1. The van der Waals surface area contributed by atoms with Gasteiger partial charge in [-0.05, 0) is 25.3 Å². The number of hydrogen-bond donors (Lipinski definition) is 4. The molecule has 4 N–H and O–H groups in total. The van der Waals surface area contributed by atoms with Gasteiger partial charge in [-0.15, -0.1) is 0 Å². The van der Waals surface area contributed by atoms with Gasteiger partial charge in [0, 0.05) is 19.8 Å². The van der Waals surface area contributed by atoms with E-state index >= 15 is 0 Å². The summed E-state index contributed by atoms with van der Waals surface area (Å²) in [5.41, 5.74) is 1.47. The summed E-state index contributed by atoms with van der Waals surface area (Å²) in [7, 11) is 1.75. The number of amides is 1. The van der Waals surface area contributed by atoms with Crippen molar-refractivity contribution in [1.82, 2.24) is 34.6 Å². The average Bonchev–Trinajstić information content (AvgIpc) is 3.39. The number of carbonyl (C=O) groups is 1.